The number of hydrogen-bond acceptors (Lipinski definition) is 3. The van der Waals surface area contributed by atoms with E-state index in [1.807, 2.05) is 19.9 Å². The third kappa shape index (κ3) is 5.52. The number of Topliss-reactive ketones (excluding diaryl/α,β-unsaturated/α-hetero) is 2. The number of amides is 1. The summed E-state index contributed by atoms with van der Waals surface area (Å²) in [7, 11) is 0. The second-order valence-electron chi connectivity index (χ2n) is 6.55. The molecule has 0 atom stereocenters. The summed E-state index contributed by atoms with van der Waals surface area (Å²) in [5, 5.41) is 2.34. The molecule has 0 heterocycles. The van der Waals surface area contributed by atoms with E-state index >= 15 is 0 Å². The van der Waals surface area contributed by atoms with Gasteiger partial charge in [0.05, 0.1) is 6.54 Å². The Kier molecular flexibility index (Phi) is 7.09. The normalized spacial score (nSPS) is 10.6. The summed E-state index contributed by atoms with van der Waals surface area (Å²) in [5.41, 5.74) is 2.26. The number of benzene rings is 2. The maximum Gasteiger partial charge on any atom is 0.220 e. The molecule has 0 aliphatic heterocycles. The van der Waals surface area contributed by atoms with E-state index in [0.717, 1.165) is 23.3 Å². The van der Waals surface area contributed by atoms with Crippen LogP contribution in [0.3, 0.4) is 0 Å². The van der Waals surface area contributed by atoms with Crippen molar-refractivity contribution in [1.29, 1.82) is 0 Å². The van der Waals surface area contributed by atoms with Crippen molar-refractivity contribution in [2.24, 2.45) is 0 Å². The first-order chi connectivity index (χ1) is 13.2. The minimum atomic E-state index is -1.64. The Morgan fingerprint density at radius 3 is 2.29 bits per heavy atom. The smallest absolute Gasteiger partial charge is 0.220 e. The molecule has 0 aromatic heterocycles. The van der Waals surface area contributed by atoms with E-state index in [1.54, 1.807) is 12.1 Å². The largest absolute Gasteiger partial charge is 0.349 e. The van der Waals surface area contributed by atoms with Gasteiger partial charge in [0.15, 0.2) is 29.0 Å². The zero-order chi connectivity index (χ0) is 20.8. The fourth-order valence-electron chi connectivity index (χ4n) is 2.55. The summed E-state index contributed by atoms with van der Waals surface area (Å²) in [6.07, 6.45) is -0.593. The van der Waals surface area contributed by atoms with Crippen LogP contribution in [0.5, 0.6) is 0 Å². The van der Waals surface area contributed by atoms with Crippen molar-refractivity contribution < 1.29 is 27.6 Å². The third-order valence-corrected chi connectivity index (χ3v) is 4.39. The first-order valence-corrected chi connectivity index (χ1v) is 8.70. The van der Waals surface area contributed by atoms with Gasteiger partial charge in [-0.2, -0.15) is 0 Å². The van der Waals surface area contributed by atoms with Crippen LogP contribution in [0, 0.1) is 31.3 Å². The van der Waals surface area contributed by atoms with Crippen molar-refractivity contribution >= 4 is 17.5 Å². The first kappa shape index (κ1) is 21.3. The molecule has 1 amide bonds. The maximum absolute atomic E-state index is 13.6. The standard InChI is InChI=1S/C21H20F3NO3/c1-12-3-4-14(9-13(12)2)18(27)7-8-19(28)25-11-16(26)10-15-5-6-17(22)21(24)20(15)23/h3-6,9H,7-8,10-11H2,1-2H3,(H,25,28). The quantitative estimate of drug-likeness (QED) is 0.552. The molecule has 28 heavy (non-hydrogen) atoms. The van der Waals surface area contributed by atoms with E-state index in [4.69, 9.17) is 0 Å². The molecule has 0 fully saturated rings. The molecule has 148 valence electrons. The molecule has 0 radical (unpaired) electrons. The Hall–Kier alpha value is -2.96. The molecule has 7 heteroatoms. The topological polar surface area (TPSA) is 63.2 Å². The van der Waals surface area contributed by atoms with Gasteiger partial charge in [0.25, 0.3) is 0 Å². The number of aryl methyl sites for hydroxylation is 2. The van der Waals surface area contributed by atoms with Crippen LogP contribution in [0.15, 0.2) is 30.3 Å². The van der Waals surface area contributed by atoms with Crippen molar-refractivity contribution in [2.45, 2.75) is 33.1 Å². The van der Waals surface area contributed by atoms with Gasteiger partial charge in [-0.05, 0) is 42.7 Å². The Morgan fingerprint density at radius 1 is 0.893 bits per heavy atom. The highest BCUT2D eigenvalue weighted by molar-refractivity contribution is 5.98. The maximum atomic E-state index is 13.6. The van der Waals surface area contributed by atoms with Crippen LogP contribution >= 0.6 is 0 Å². The Morgan fingerprint density at radius 2 is 1.61 bits per heavy atom. The predicted octanol–water partition coefficient (Wildman–Crippen LogP) is 3.61. The second-order valence-corrected chi connectivity index (χ2v) is 6.55. The Labute approximate surface area is 160 Å². The predicted molar refractivity (Wildman–Crippen MR) is 97.5 cm³/mol. The van der Waals surface area contributed by atoms with Crippen molar-refractivity contribution in [3.8, 4) is 0 Å². The Bertz CT molecular complexity index is 925. The zero-order valence-corrected chi connectivity index (χ0v) is 15.6. The number of nitrogens with one attached hydrogen (secondary N) is 1. The molecule has 2 rings (SSSR count). The molecule has 0 saturated carbocycles. The fraction of sp³-hybridized carbons (Fsp3) is 0.286. The van der Waals surface area contributed by atoms with Gasteiger partial charge in [-0.1, -0.05) is 18.2 Å². The molecule has 2 aromatic rings. The third-order valence-electron chi connectivity index (χ3n) is 4.39. The lowest BCUT2D eigenvalue weighted by molar-refractivity contribution is -0.124. The van der Waals surface area contributed by atoms with Gasteiger partial charge in [0.2, 0.25) is 5.91 Å². The highest BCUT2D eigenvalue weighted by Gasteiger charge is 2.16. The summed E-state index contributed by atoms with van der Waals surface area (Å²) in [4.78, 5) is 35.8. The molecule has 0 aliphatic rings. The number of hydrogen-bond donors (Lipinski definition) is 1. The monoisotopic (exact) mass is 391 g/mol. The lowest BCUT2D eigenvalue weighted by Gasteiger charge is -2.07. The molecule has 0 saturated heterocycles. The summed E-state index contributed by atoms with van der Waals surface area (Å²) in [5.74, 6) is -5.66. The van der Waals surface area contributed by atoms with Crippen molar-refractivity contribution in [3.63, 3.8) is 0 Å². The summed E-state index contributed by atoms with van der Waals surface area (Å²) in [6.45, 7) is 3.43. The Balaban J connectivity index is 1.80. The molecular weight excluding hydrogens is 371 g/mol. The number of rotatable bonds is 8. The van der Waals surface area contributed by atoms with E-state index in [2.05, 4.69) is 5.32 Å². The molecule has 2 aromatic carbocycles. The van der Waals surface area contributed by atoms with Gasteiger partial charge in [0, 0.05) is 24.8 Å². The van der Waals surface area contributed by atoms with Gasteiger partial charge in [-0.25, -0.2) is 13.2 Å². The van der Waals surface area contributed by atoms with Gasteiger partial charge in [0.1, 0.15) is 0 Å². The molecule has 0 aliphatic carbocycles. The van der Waals surface area contributed by atoms with Crippen LogP contribution in [0.4, 0.5) is 13.2 Å². The summed E-state index contributed by atoms with van der Waals surface area (Å²) < 4.78 is 39.6. The van der Waals surface area contributed by atoms with E-state index in [-0.39, 0.29) is 24.2 Å². The second kappa shape index (κ2) is 9.30. The molecule has 1 N–H and O–H groups in total. The van der Waals surface area contributed by atoms with Crippen LogP contribution in [-0.2, 0) is 16.0 Å². The van der Waals surface area contributed by atoms with Gasteiger partial charge < -0.3 is 5.32 Å². The van der Waals surface area contributed by atoms with E-state index < -0.39 is 42.1 Å². The average molecular weight is 391 g/mol. The van der Waals surface area contributed by atoms with E-state index in [0.29, 0.717) is 5.56 Å². The minimum absolute atomic E-state index is 0.0136. The number of ketones is 2. The van der Waals surface area contributed by atoms with Gasteiger partial charge in [-0.15, -0.1) is 0 Å². The lowest BCUT2D eigenvalue weighted by atomic mass is 10.0. The van der Waals surface area contributed by atoms with Crippen molar-refractivity contribution in [3.05, 3.63) is 70.0 Å². The van der Waals surface area contributed by atoms with Crippen molar-refractivity contribution in [2.75, 3.05) is 6.54 Å². The summed E-state index contributed by atoms with van der Waals surface area (Å²) in [6, 6.07) is 7.00. The molecule has 0 unspecified atom stereocenters. The minimum Gasteiger partial charge on any atom is -0.349 e. The van der Waals surface area contributed by atoms with Crippen LogP contribution in [0.2, 0.25) is 0 Å². The van der Waals surface area contributed by atoms with Crippen LogP contribution in [0.1, 0.15) is 39.9 Å². The lowest BCUT2D eigenvalue weighted by Crippen LogP contribution is -2.30. The average Bonchev–Trinajstić information content (AvgIpc) is 2.67. The number of halogens is 3. The summed E-state index contributed by atoms with van der Waals surface area (Å²) >= 11 is 0. The van der Waals surface area contributed by atoms with Crippen molar-refractivity contribution in [1.82, 2.24) is 5.32 Å². The van der Waals surface area contributed by atoms with Gasteiger partial charge >= 0.3 is 0 Å². The van der Waals surface area contributed by atoms with Crippen LogP contribution < -0.4 is 5.32 Å². The van der Waals surface area contributed by atoms with E-state index in [1.165, 1.54) is 0 Å². The SMILES string of the molecule is Cc1ccc(C(=O)CCC(=O)NCC(=O)Cc2ccc(F)c(F)c2F)cc1C. The van der Waals surface area contributed by atoms with E-state index in [9.17, 15) is 27.6 Å². The molecule has 0 bridgehead atoms. The highest BCUT2D eigenvalue weighted by atomic mass is 19.2. The molecule has 0 spiro atoms. The number of carbonyl (C=O) groups excluding carboxylic acids is 3. The fourth-order valence-corrected chi connectivity index (χ4v) is 2.55. The molecule has 4 nitrogen and oxygen atoms in total. The van der Waals surface area contributed by atoms with Gasteiger partial charge in [-0.3, -0.25) is 14.4 Å². The highest BCUT2D eigenvalue weighted by Crippen LogP contribution is 2.16. The molecular formula is C21H20F3NO3. The van der Waals surface area contributed by atoms with Crippen LogP contribution in [-0.4, -0.2) is 24.0 Å². The number of carbonyl (C=O) groups is 3. The zero-order valence-electron chi connectivity index (χ0n) is 15.6. The first-order valence-electron chi connectivity index (χ1n) is 8.70. The van der Waals surface area contributed by atoms with Crippen LogP contribution in [0.25, 0.3) is 0 Å².